The Morgan fingerprint density at radius 2 is 0.955 bits per heavy atom. The van der Waals surface area contributed by atoms with E-state index in [1.165, 1.54) is 65.0 Å². The van der Waals surface area contributed by atoms with Gasteiger partial charge in [-0.05, 0) is 12.8 Å². The van der Waals surface area contributed by atoms with E-state index in [0.717, 1.165) is 26.7 Å². The molecule has 3 heterocycles. The third kappa shape index (κ3) is 3.63. The monoisotopic (exact) mass is 308 g/mol. The number of nitrogens with zero attached hydrogens (tertiary/aromatic N) is 4. The molecule has 126 valence electrons. The summed E-state index contributed by atoms with van der Waals surface area (Å²) in [5.74, 6) is 0. The molecule has 6 heteroatoms. The van der Waals surface area contributed by atoms with Crippen LogP contribution in [0.25, 0.3) is 0 Å². The van der Waals surface area contributed by atoms with E-state index in [1.54, 1.807) is 0 Å². The summed E-state index contributed by atoms with van der Waals surface area (Å²) in [6.07, 6.45) is 5.45. The molecule has 2 N–H and O–H groups in total. The molecule has 6 atom stereocenters. The van der Waals surface area contributed by atoms with Gasteiger partial charge in [0.1, 0.15) is 0 Å². The zero-order valence-corrected chi connectivity index (χ0v) is 13.8. The Kier molecular flexibility index (Phi) is 4.95. The Bertz CT molecular complexity index is 331. The van der Waals surface area contributed by atoms with E-state index in [4.69, 9.17) is 0 Å². The van der Waals surface area contributed by atoms with Crippen molar-refractivity contribution in [2.24, 2.45) is 0 Å². The van der Waals surface area contributed by atoms with Crippen molar-refractivity contribution in [3.05, 3.63) is 0 Å². The molecule has 4 fully saturated rings. The maximum atomic E-state index is 3.85. The summed E-state index contributed by atoms with van der Waals surface area (Å²) in [4.78, 5) is 10.4. The first-order valence-corrected chi connectivity index (χ1v) is 9.23. The number of fused-ring (bicyclic) bond motifs is 5. The summed E-state index contributed by atoms with van der Waals surface area (Å²) in [5.41, 5.74) is 0. The van der Waals surface area contributed by atoms with Crippen molar-refractivity contribution in [3.8, 4) is 0 Å². The lowest BCUT2D eigenvalue weighted by Gasteiger charge is -2.35. The van der Waals surface area contributed by atoms with Gasteiger partial charge in [0.25, 0.3) is 0 Å². The first-order valence-electron chi connectivity index (χ1n) is 9.23. The molecule has 3 aliphatic heterocycles. The summed E-state index contributed by atoms with van der Waals surface area (Å²) in [7, 11) is 0. The maximum Gasteiger partial charge on any atom is 0.0519 e. The highest BCUT2D eigenvalue weighted by molar-refractivity contribution is 4.87. The first kappa shape index (κ1) is 15.3. The molecule has 0 aromatic carbocycles. The van der Waals surface area contributed by atoms with Crippen LogP contribution in [0.1, 0.15) is 25.7 Å². The van der Waals surface area contributed by atoms with Crippen molar-refractivity contribution in [1.82, 2.24) is 30.2 Å². The van der Waals surface area contributed by atoms with Crippen LogP contribution < -0.4 is 10.6 Å². The second-order valence-electron chi connectivity index (χ2n) is 7.53. The summed E-state index contributed by atoms with van der Waals surface area (Å²) >= 11 is 0. The molecule has 4 unspecified atom stereocenters. The summed E-state index contributed by atoms with van der Waals surface area (Å²) in [6, 6.07) is 1.31. The molecule has 22 heavy (non-hydrogen) atoms. The predicted molar refractivity (Wildman–Crippen MR) is 88.3 cm³/mol. The van der Waals surface area contributed by atoms with Gasteiger partial charge in [-0.2, -0.15) is 0 Å². The zero-order chi connectivity index (χ0) is 14.8. The molecule has 4 aliphatic rings. The van der Waals surface area contributed by atoms with Gasteiger partial charge >= 0.3 is 0 Å². The topological polar surface area (TPSA) is 37.0 Å². The SMILES string of the molecule is C1CC[C@H]2NCN3CCN(CCN4CCN(CN[C@@H]2C1)C4)C3. The lowest BCUT2D eigenvalue weighted by Crippen LogP contribution is -2.54. The number of hydrogen-bond donors (Lipinski definition) is 2. The number of hydrogen-bond acceptors (Lipinski definition) is 6. The summed E-state index contributed by atoms with van der Waals surface area (Å²) in [5, 5.41) is 7.71. The Morgan fingerprint density at radius 3 is 1.41 bits per heavy atom. The van der Waals surface area contributed by atoms with Crippen LogP contribution in [-0.2, 0) is 0 Å². The molecule has 0 amide bonds. The second kappa shape index (κ2) is 7.11. The predicted octanol–water partition coefficient (Wildman–Crippen LogP) is -0.444. The third-order valence-electron chi connectivity index (χ3n) is 5.92. The van der Waals surface area contributed by atoms with Crippen molar-refractivity contribution in [2.45, 2.75) is 37.8 Å². The van der Waals surface area contributed by atoms with Crippen molar-refractivity contribution in [1.29, 1.82) is 0 Å². The van der Waals surface area contributed by atoms with E-state index in [2.05, 4.69) is 30.2 Å². The normalized spacial score (nSPS) is 46.9. The molecule has 0 radical (unpaired) electrons. The minimum absolute atomic E-state index is 0.657. The molecule has 1 aliphatic carbocycles. The second-order valence-corrected chi connectivity index (χ2v) is 7.53. The van der Waals surface area contributed by atoms with Gasteiger partial charge in [0.2, 0.25) is 0 Å². The Balaban J connectivity index is 1.41. The van der Waals surface area contributed by atoms with Crippen molar-refractivity contribution in [3.63, 3.8) is 0 Å². The van der Waals surface area contributed by atoms with E-state index in [-0.39, 0.29) is 0 Å². The van der Waals surface area contributed by atoms with Crippen LogP contribution in [0.5, 0.6) is 0 Å². The lowest BCUT2D eigenvalue weighted by molar-refractivity contribution is 0.158. The molecule has 0 aromatic rings. The Morgan fingerprint density at radius 1 is 0.545 bits per heavy atom. The van der Waals surface area contributed by atoms with Gasteiger partial charge in [0.05, 0.1) is 13.3 Å². The van der Waals surface area contributed by atoms with E-state index in [9.17, 15) is 0 Å². The molecule has 0 spiro atoms. The van der Waals surface area contributed by atoms with Crippen molar-refractivity contribution >= 4 is 0 Å². The highest BCUT2D eigenvalue weighted by Gasteiger charge is 2.29. The lowest BCUT2D eigenvalue weighted by atomic mass is 9.90. The van der Waals surface area contributed by atoms with E-state index >= 15 is 0 Å². The van der Waals surface area contributed by atoms with Gasteiger partial charge < -0.3 is 0 Å². The minimum atomic E-state index is 0.657. The fourth-order valence-electron chi connectivity index (χ4n) is 4.43. The number of rotatable bonds is 0. The standard InChI is InChI=1S/C16H32N6/c1-2-4-16-15(3-1)17-11-21-9-7-19(13-21)5-6-20-8-10-22(14-20)12-18-16/h15-18H,1-14H2/t15-,16-/m1/s1. The van der Waals surface area contributed by atoms with Gasteiger partial charge in [-0.3, -0.25) is 30.2 Å². The Labute approximate surface area is 134 Å². The van der Waals surface area contributed by atoms with Crippen LogP contribution in [0.3, 0.4) is 0 Å². The highest BCUT2D eigenvalue weighted by atomic mass is 15.4. The van der Waals surface area contributed by atoms with E-state index < -0.39 is 0 Å². The molecule has 3 saturated heterocycles. The van der Waals surface area contributed by atoms with Crippen LogP contribution in [0.2, 0.25) is 0 Å². The molecule has 4 rings (SSSR count). The van der Waals surface area contributed by atoms with Gasteiger partial charge in [0, 0.05) is 64.7 Å². The highest BCUT2D eigenvalue weighted by Crippen LogP contribution is 2.19. The third-order valence-corrected chi connectivity index (χ3v) is 5.92. The smallest absolute Gasteiger partial charge is 0.0519 e. The first-order chi connectivity index (χ1) is 10.9. The summed E-state index contributed by atoms with van der Waals surface area (Å²) in [6.45, 7) is 11.8. The van der Waals surface area contributed by atoms with Crippen LogP contribution >= 0.6 is 0 Å². The van der Waals surface area contributed by atoms with Crippen LogP contribution in [0.15, 0.2) is 0 Å². The van der Waals surface area contributed by atoms with Gasteiger partial charge in [0.15, 0.2) is 0 Å². The largest absolute Gasteiger partial charge is 0.300 e. The maximum absolute atomic E-state index is 3.85. The molecule has 6 nitrogen and oxygen atoms in total. The average molecular weight is 308 g/mol. The molecule has 0 aromatic heterocycles. The number of nitrogens with one attached hydrogen (secondary N) is 2. The average Bonchev–Trinajstić information content (AvgIpc) is 3.18. The van der Waals surface area contributed by atoms with E-state index in [1.807, 2.05) is 0 Å². The van der Waals surface area contributed by atoms with Crippen molar-refractivity contribution in [2.75, 3.05) is 65.9 Å². The van der Waals surface area contributed by atoms with Gasteiger partial charge in [-0.15, -0.1) is 0 Å². The fraction of sp³-hybridized carbons (Fsp3) is 1.00. The summed E-state index contributed by atoms with van der Waals surface area (Å²) < 4.78 is 0. The minimum Gasteiger partial charge on any atom is -0.300 e. The van der Waals surface area contributed by atoms with Crippen molar-refractivity contribution < 1.29 is 0 Å². The van der Waals surface area contributed by atoms with E-state index in [0.29, 0.717) is 12.1 Å². The van der Waals surface area contributed by atoms with Crippen LogP contribution in [0.4, 0.5) is 0 Å². The molecule has 4 bridgehead atoms. The van der Waals surface area contributed by atoms with Crippen LogP contribution in [-0.4, -0.2) is 97.6 Å². The fourth-order valence-corrected chi connectivity index (χ4v) is 4.43. The molecular formula is C16H32N6. The Hall–Kier alpha value is -0.240. The van der Waals surface area contributed by atoms with Gasteiger partial charge in [-0.25, -0.2) is 0 Å². The van der Waals surface area contributed by atoms with Crippen LogP contribution in [0, 0.1) is 0 Å². The quantitative estimate of drug-likeness (QED) is 0.632. The van der Waals surface area contributed by atoms with Gasteiger partial charge in [-0.1, -0.05) is 12.8 Å². The zero-order valence-electron chi connectivity index (χ0n) is 13.8. The molecule has 1 saturated carbocycles. The molecular weight excluding hydrogens is 276 g/mol.